The molecule has 16 heavy (non-hydrogen) atoms. The van der Waals surface area contributed by atoms with Crippen LogP contribution in [0.1, 0.15) is 20.8 Å². The molecule has 0 aliphatic carbocycles. The van der Waals surface area contributed by atoms with Crippen molar-refractivity contribution in [2.75, 3.05) is 18.4 Å². The van der Waals surface area contributed by atoms with Gasteiger partial charge in [-0.2, -0.15) is 5.10 Å². The van der Waals surface area contributed by atoms with Crippen molar-refractivity contribution in [2.24, 2.45) is 0 Å². The van der Waals surface area contributed by atoms with E-state index in [-0.39, 0.29) is 0 Å². The fraction of sp³-hybridized carbons (Fsp3) is 0.600. The van der Waals surface area contributed by atoms with Crippen LogP contribution in [0.2, 0.25) is 0 Å². The lowest BCUT2D eigenvalue weighted by Gasteiger charge is -2.19. The number of hydrogen-bond acceptors (Lipinski definition) is 4. The van der Waals surface area contributed by atoms with Crippen molar-refractivity contribution in [2.45, 2.75) is 26.4 Å². The van der Waals surface area contributed by atoms with E-state index in [0.717, 1.165) is 5.82 Å². The summed E-state index contributed by atoms with van der Waals surface area (Å²) in [6.07, 6.45) is 1.32. The summed E-state index contributed by atoms with van der Waals surface area (Å²) in [6.45, 7) is 6.57. The van der Waals surface area contributed by atoms with Crippen molar-refractivity contribution in [3.8, 4) is 0 Å². The third kappa shape index (κ3) is 5.23. The van der Waals surface area contributed by atoms with Crippen molar-refractivity contribution < 1.29 is 9.53 Å². The van der Waals surface area contributed by atoms with E-state index < -0.39 is 11.7 Å². The molecule has 1 aromatic rings. The number of nitrogens with one attached hydrogen (secondary N) is 3. The molecule has 6 nitrogen and oxygen atoms in total. The van der Waals surface area contributed by atoms with Crippen LogP contribution in [0.25, 0.3) is 0 Å². The maximum atomic E-state index is 11.2. The molecule has 0 aliphatic heterocycles. The minimum absolute atomic E-state index is 0.406. The molecule has 6 heteroatoms. The summed E-state index contributed by atoms with van der Waals surface area (Å²) < 4.78 is 5.08. The SMILES string of the molecule is CC(C)(C)OC(=O)NCCNc1cc[nH]n1. The van der Waals surface area contributed by atoms with E-state index in [1.54, 1.807) is 6.20 Å². The number of alkyl carbamates (subject to hydrolysis) is 1. The van der Waals surface area contributed by atoms with E-state index >= 15 is 0 Å². The average Bonchev–Trinajstić information content (AvgIpc) is 2.62. The molecule has 0 aliphatic rings. The highest BCUT2D eigenvalue weighted by Gasteiger charge is 2.15. The first-order valence-corrected chi connectivity index (χ1v) is 5.18. The minimum Gasteiger partial charge on any atom is -0.444 e. The lowest BCUT2D eigenvalue weighted by molar-refractivity contribution is 0.0530. The summed E-state index contributed by atoms with van der Waals surface area (Å²) >= 11 is 0. The minimum atomic E-state index is -0.459. The van der Waals surface area contributed by atoms with Gasteiger partial charge in [-0.15, -0.1) is 0 Å². The Morgan fingerprint density at radius 1 is 1.50 bits per heavy atom. The molecular formula is C10H18N4O2. The number of aromatic nitrogens is 2. The van der Waals surface area contributed by atoms with Gasteiger partial charge in [0.05, 0.1) is 0 Å². The molecule has 0 bridgehead atoms. The number of carbonyl (C=O) groups excluding carboxylic acids is 1. The van der Waals surface area contributed by atoms with Crippen LogP contribution in [0.15, 0.2) is 12.3 Å². The molecular weight excluding hydrogens is 208 g/mol. The molecule has 0 fully saturated rings. The number of rotatable bonds is 4. The second kappa shape index (κ2) is 5.39. The fourth-order valence-electron chi connectivity index (χ4n) is 1.03. The lowest BCUT2D eigenvalue weighted by Crippen LogP contribution is -2.35. The van der Waals surface area contributed by atoms with E-state index in [1.807, 2.05) is 26.8 Å². The Labute approximate surface area is 94.8 Å². The maximum Gasteiger partial charge on any atom is 0.407 e. The highest BCUT2D eigenvalue weighted by Crippen LogP contribution is 2.06. The van der Waals surface area contributed by atoms with Crippen LogP contribution in [0.3, 0.4) is 0 Å². The quantitative estimate of drug-likeness (QED) is 0.677. The van der Waals surface area contributed by atoms with Gasteiger partial charge in [-0.25, -0.2) is 4.79 Å². The predicted octanol–water partition coefficient (Wildman–Crippen LogP) is 1.35. The van der Waals surface area contributed by atoms with Crippen LogP contribution in [-0.2, 0) is 4.74 Å². The van der Waals surface area contributed by atoms with Crippen LogP contribution in [0.4, 0.5) is 10.6 Å². The molecule has 0 saturated carbocycles. The van der Waals surface area contributed by atoms with Gasteiger partial charge in [-0.1, -0.05) is 0 Å². The van der Waals surface area contributed by atoms with Crippen molar-refractivity contribution in [1.29, 1.82) is 0 Å². The molecule has 0 spiro atoms. The molecule has 1 amide bonds. The molecule has 1 aromatic heterocycles. The number of H-pyrrole nitrogens is 1. The zero-order valence-electron chi connectivity index (χ0n) is 9.83. The van der Waals surface area contributed by atoms with Crippen molar-refractivity contribution in [3.63, 3.8) is 0 Å². The smallest absolute Gasteiger partial charge is 0.407 e. The molecule has 0 aromatic carbocycles. The Bertz CT molecular complexity index is 316. The van der Waals surface area contributed by atoms with Gasteiger partial charge in [-0.05, 0) is 26.8 Å². The van der Waals surface area contributed by atoms with E-state index in [0.29, 0.717) is 13.1 Å². The molecule has 0 unspecified atom stereocenters. The molecule has 0 radical (unpaired) electrons. The fourth-order valence-corrected chi connectivity index (χ4v) is 1.03. The van der Waals surface area contributed by atoms with E-state index in [9.17, 15) is 4.79 Å². The van der Waals surface area contributed by atoms with Crippen LogP contribution >= 0.6 is 0 Å². The van der Waals surface area contributed by atoms with E-state index in [2.05, 4.69) is 20.8 Å². The highest BCUT2D eigenvalue weighted by atomic mass is 16.6. The van der Waals surface area contributed by atoms with Gasteiger partial charge >= 0.3 is 6.09 Å². The molecule has 3 N–H and O–H groups in total. The largest absolute Gasteiger partial charge is 0.444 e. The number of nitrogens with zero attached hydrogens (tertiary/aromatic N) is 1. The number of amides is 1. The summed E-state index contributed by atoms with van der Waals surface area (Å²) in [5, 5.41) is 12.3. The average molecular weight is 226 g/mol. The first kappa shape index (κ1) is 12.4. The lowest BCUT2D eigenvalue weighted by atomic mass is 10.2. The number of carbonyl (C=O) groups is 1. The number of ether oxygens (including phenoxy) is 1. The zero-order chi connectivity index (χ0) is 12.0. The Kier molecular flexibility index (Phi) is 4.16. The number of hydrogen-bond donors (Lipinski definition) is 3. The van der Waals surface area contributed by atoms with Crippen molar-refractivity contribution in [1.82, 2.24) is 15.5 Å². The summed E-state index contributed by atoms with van der Waals surface area (Å²) in [5.41, 5.74) is -0.459. The molecule has 1 heterocycles. The van der Waals surface area contributed by atoms with Gasteiger partial charge in [0.2, 0.25) is 0 Å². The van der Waals surface area contributed by atoms with Gasteiger partial charge in [0.1, 0.15) is 11.4 Å². The number of aromatic amines is 1. The standard InChI is InChI=1S/C10H18N4O2/c1-10(2,3)16-9(15)12-7-6-11-8-4-5-13-14-8/h4-5H,6-7H2,1-3H3,(H,12,15)(H2,11,13,14). The second-order valence-electron chi connectivity index (χ2n) is 4.31. The Balaban J connectivity index is 2.09. The van der Waals surface area contributed by atoms with Gasteiger partial charge in [-0.3, -0.25) is 5.10 Å². The zero-order valence-corrected chi connectivity index (χ0v) is 9.83. The summed E-state index contributed by atoms with van der Waals surface area (Å²) in [4.78, 5) is 11.2. The first-order chi connectivity index (χ1) is 7.47. The normalized spacial score (nSPS) is 10.9. The topological polar surface area (TPSA) is 79.0 Å². The highest BCUT2D eigenvalue weighted by molar-refractivity contribution is 5.67. The van der Waals surface area contributed by atoms with Crippen LogP contribution < -0.4 is 10.6 Å². The Morgan fingerprint density at radius 2 is 2.25 bits per heavy atom. The number of anilines is 1. The molecule has 0 saturated heterocycles. The van der Waals surface area contributed by atoms with Crippen LogP contribution in [0, 0.1) is 0 Å². The van der Waals surface area contributed by atoms with Gasteiger partial charge < -0.3 is 15.4 Å². The maximum absolute atomic E-state index is 11.2. The van der Waals surface area contributed by atoms with E-state index in [4.69, 9.17) is 4.74 Å². The molecule has 90 valence electrons. The summed E-state index contributed by atoms with van der Waals surface area (Å²) in [6, 6.07) is 1.81. The van der Waals surface area contributed by atoms with Crippen LogP contribution in [-0.4, -0.2) is 35.0 Å². The summed E-state index contributed by atoms with van der Waals surface area (Å²) in [7, 11) is 0. The monoisotopic (exact) mass is 226 g/mol. The third-order valence-corrected chi connectivity index (χ3v) is 1.60. The van der Waals surface area contributed by atoms with Gasteiger partial charge in [0.25, 0.3) is 0 Å². The van der Waals surface area contributed by atoms with Gasteiger partial charge in [0.15, 0.2) is 0 Å². The molecule has 1 rings (SSSR count). The van der Waals surface area contributed by atoms with Crippen molar-refractivity contribution >= 4 is 11.9 Å². The summed E-state index contributed by atoms with van der Waals surface area (Å²) in [5.74, 6) is 0.756. The Hall–Kier alpha value is -1.72. The van der Waals surface area contributed by atoms with Gasteiger partial charge in [0, 0.05) is 19.3 Å². The van der Waals surface area contributed by atoms with E-state index in [1.165, 1.54) is 0 Å². The van der Waals surface area contributed by atoms with Crippen molar-refractivity contribution in [3.05, 3.63) is 12.3 Å². The molecule has 0 atom stereocenters. The predicted molar refractivity (Wildman–Crippen MR) is 61.3 cm³/mol. The third-order valence-electron chi connectivity index (χ3n) is 1.60. The second-order valence-corrected chi connectivity index (χ2v) is 4.31. The van der Waals surface area contributed by atoms with Crippen LogP contribution in [0.5, 0.6) is 0 Å². The Morgan fingerprint density at radius 3 is 2.81 bits per heavy atom. The first-order valence-electron chi connectivity index (χ1n) is 5.18.